The number of carbonyl (C=O) groups is 2. The Morgan fingerprint density at radius 3 is 2.65 bits per heavy atom. The lowest BCUT2D eigenvalue weighted by Gasteiger charge is -2.36. The van der Waals surface area contributed by atoms with E-state index in [2.05, 4.69) is 15.0 Å². The Kier molecular flexibility index (Phi) is 4.52. The van der Waals surface area contributed by atoms with Crippen molar-refractivity contribution in [2.24, 2.45) is 11.8 Å². The van der Waals surface area contributed by atoms with Gasteiger partial charge in [-0.05, 0) is 31.1 Å². The van der Waals surface area contributed by atoms with Crippen LogP contribution >= 0.6 is 0 Å². The molecular weight excluding hydrogens is 260 g/mol. The predicted octanol–water partition coefficient (Wildman–Crippen LogP) is 1.30. The predicted molar refractivity (Wildman–Crippen MR) is 73.4 cm³/mol. The minimum Gasteiger partial charge on any atom is -0.480 e. The van der Waals surface area contributed by atoms with Crippen LogP contribution in [0, 0.1) is 11.8 Å². The molecule has 1 saturated heterocycles. The van der Waals surface area contributed by atoms with Crippen LogP contribution in [0.25, 0.3) is 0 Å². The van der Waals surface area contributed by atoms with Gasteiger partial charge in [-0.3, -0.25) is 9.69 Å². The van der Waals surface area contributed by atoms with E-state index in [4.69, 9.17) is 0 Å². The number of nitrogens with zero attached hydrogens (tertiary/aromatic N) is 1. The molecular formula is C14H24N2O4. The Hall–Kier alpha value is -1.30. The van der Waals surface area contributed by atoms with Crippen LogP contribution in [0.5, 0.6) is 0 Å². The van der Waals surface area contributed by atoms with E-state index in [0.29, 0.717) is 12.6 Å². The molecule has 6 nitrogen and oxygen atoms in total. The molecule has 0 radical (unpaired) electrons. The number of aliphatic carboxylic acids is 1. The van der Waals surface area contributed by atoms with Gasteiger partial charge in [0.25, 0.3) is 0 Å². The highest BCUT2D eigenvalue weighted by Crippen LogP contribution is 2.42. The normalized spacial score (nSPS) is 30.5. The number of methoxy groups -OCH3 is 1. The van der Waals surface area contributed by atoms with Gasteiger partial charge in [0.05, 0.1) is 7.11 Å². The third-order valence-electron chi connectivity index (χ3n) is 4.67. The molecule has 0 aromatic carbocycles. The number of likely N-dealkylation sites (tertiary alicyclic amines) is 1. The van der Waals surface area contributed by atoms with Crippen LogP contribution in [0.2, 0.25) is 0 Å². The average Bonchev–Trinajstić information content (AvgIpc) is 2.97. The second-order valence-corrected chi connectivity index (χ2v) is 6.19. The van der Waals surface area contributed by atoms with Gasteiger partial charge in [-0.2, -0.15) is 0 Å². The summed E-state index contributed by atoms with van der Waals surface area (Å²) < 4.78 is 4.65. The Bertz CT molecular complexity index is 385. The number of fused-ring (bicyclic) bond motifs is 2. The third-order valence-corrected chi connectivity index (χ3v) is 4.67. The summed E-state index contributed by atoms with van der Waals surface area (Å²) in [6.07, 6.45) is 2.59. The van der Waals surface area contributed by atoms with Crippen molar-refractivity contribution in [3.63, 3.8) is 0 Å². The molecule has 1 saturated carbocycles. The van der Waals surface area contributed by atoms with Gasteiger partial charge in [0, 0.05) is 18.6 Å². The second kappa shape index (κ2) is 5.99. The Morgan fingerprint density at radius 1 is 1.40 bits per heavy atom. The number of carbonyl (C=O) groups excluding carboxylic acids is 1. The first kappa shape index (κ1) is 15.1. The summed E-state index contributed by atoms with van der Waals surface area (Å²) in [7, 11) is 1.34. The molecule has 2 unspecified atom stereocenters. The van der Waals surface area contributed by atoms with Gasteiger partial charge >= 0.3 is 12.1 Å². The number of hydrogen-bond donors (Lipinski definition) is 2. The molecule has 0 aromatic rings. The molecule has 4 atom stereocenters. The van der Waals surface area contributed by atoms with Crippen LogP contribution in [0.4, 0.5) is 4.79 Å². The Morgan fingerprint density at radius 2 is 2.10 bits per heavy atom. The molecule has 1 heterocycles. The fraction of sp³-hybridized carbons (Fsp3) is 0.857. The van der Waals surface area contributed by atoms with Crippen molar-refractivity contribution in [1.82, 2.24) is 10.2 Å². The van der Waals surface area contributed by atoms with E-state index in [9.17, 15) is 14.7 Å². The SMILES string of the molecule is COC(=O)N[C@H](CN1C2CCC(C2)[C@H]1C(=O)O)C(C)C. The van der Waals surface area contributed by atoms with Crippen LogP contribution in [0.1, 0.15) is 33.1 Å². The molecule has 20 heavy (non-hydrogen) atoms. The first-order chi connectivity index (χ1) is 9.43. The highest BCUT2D eigenvalue weighted by atomic mass is 16.5. The van der Waals surface area contributed by atoms with Crippen molar-refractivity contribution >= 4 is 12.1 Å². The summed E-state index contributed by atoms with van der Waals surface area (Å²) in [5.74, 6) is -0.246. The molecule has 0 spiro atoms. The highest BCUT2D eigenvalue weighted by Gasteiger charge is 2.49. The summed E-state index contributed by atoms with van der Waals surface area (Å²) in [4.78, 5) is 25.0. The molecule has 6 heteroatoms. The number of rotatable bonds is 5. The van der Waals surface area contributed by atoms with Crippen molar-refractivity contribution in [2.75, 3.05) is 13.7 Å². The molecule has 1 amide bonds. The van der Waals surface area contributed by atoms with Crippen molar-refractivity contribution in [1.29, 1.82) is 0 Å². The molecule has 2 aliphatic rings. The summed E-state index contributed by atoms with van der Waals surface area (Å²) >= 11 is 0. The maximum Gasteiger partial charge on any atom is 0.407 e. The first-order valence-electron chi connectivity index (χ1n) is 7.27. The summed E-state index contributed by atoms with van der Waals surface area (Å²) in [5, 5.41) is 12.2. The number of carboxylic acid groups (broad SMARTS) is 1. The molecule has 1 aliphatic heterocycles. The van der Waals surface area contributed by atoms with E-state index in [-0.39, 0.29) is 17.9 Å². The molecule has 2 rings (SSSR count). The van der Waals surface area contributed by atoms with Gasteiger partial charge < -0.3 is 15.2 Å². The van der Waals surface area contributed by atoms with Gasteiger partial charge in [0.2, 0.25) is 0 Å². The average molecular weight is 284 g/mol. The number of nitrogens with one attached hydrogen (secondary N) is 1. The summed E-state index contributed by atoms with van der Waals surface area (Å²) in [6, 6.07) is -0.139. The fourth-order valence-corrected chi connectivity index (χ4v) is 3.54. The lowest BCUT2D eigenvalue weighted by atomic mass is 9.97. The number of alkyl carbamates (subject to hydrolysis) is 1. The first-order valence-corrected chi connectivity index (χ1v) is 7.27. The Balaban J connectivity index is 2.05. The van der Waals surface area contributed by atoms with E-state index < -0.39 is 18.1 Å². The van der Waals surface area contributed by atoms with E-state index in [1.807, 2.05) is 13.8 Å². The van der Waals surface area contributed by atoms with Crippen molar-refractivity contribution < 1.29 is 19.4 Å². The smallest absolute Gasteiger partial charge is 0.407 e. The zero-order valence-electron chi connectivity index (χ0n) is 12.3. The van der Waals surface area contributed by atoms with Gasteiger partial charge in [0.1, 0.15) is 6.04 Å². The van der Waals surface area contributed by atoms with E-state index in [1.54, 1.807) is 0 Å². The summed E-state index contributed by atoms with van der Waals surface area (Å²) in [6.45, 7) is 4.61. The molecule has 2 bridgehead atoms. The largest absolute Gasteiger partial charge is 0.480 e. The lowest BCUT2D eigenvalue weighted by Crippen LogP contribution is -2.53. The van der Waals surface area contributed by atoms with Crippen LogP contribution in [-0.4, -0.2) is 53.8 Å². The van der Waals surface area contributed by atoms with Crippen LogP contribution in [-0.2, 0) is 9.53 Å². The minimum absolute atomic E-state index is 0.0938. The highest BCUT2D eigenvalue weighted by molar-refractivity contribution is 5.74. The number of ether oxygens (including phenoxy) is 1. The number of carboxylic acids is 1. The van der Waals surface area contributed by atoms with Crippen molar-refractivity contribution in [3.8, 4) is 0 Å². The van der Waals surface area contributed by atoms with Crippen LogP contribution in [0.3, 0.4) is 0 Å². The van der Waals surface area contributed by atoms with E-state index >= 15 is 0 Å². The van der Waals surface area contributed by atoms with Crippen molar-refractivity contribution in [3.05, 3.63) is 0 Å². The molecule has 0 aromatic heterocycles. The molecule has 2 fully saturated rings. The van der Waals surface area contributed by atoms with Crippen LogP contribution in [0.15, 0.2) is 0 Å². The molecule has 114 valence electrons. The van der Waals surface area contributed by atoms with Gasteiger partial charge in [-0.25, -0.2) is 4.79 Å². The van der Waals surface area contributed by atoms with Crippen molar-refractivity contribution in [2.45, 2.75) is 51.2 Å². The summed E-state index contributed by atoms with van der Waals surface area (Å²) in [5.41, 5.74) is 0. The quantitative estimate of drug-likeness (QED) is 0.795. The number of piperidine rings is 1. The monoisotopic (exact) mass is 284 g/mol. The second-order valence-electron chi connectivity index (χ2n) is 6.19. The minimum atomic E-state index is -0.738. The van der Waals surface area contributed by atoms with Gasteiger partial charge in [-0.1, -0.05) is 13.8 Å². The van der Waals surface area contributed by atoms with Gasteiger partial charge in [0.15, 0.2) is 0 Å². The van der Waals surface area contributed by atoms with E-state index in [1.165, 1.54) is 7.11 Å². The number of amides is 1. The maximum atomic E-state index is 11.5. The van der Waals surface area contributed by atoms with Crippen LogP contribution < -0.4 is 5.32 Å². The topological polar surface area (TPSA) is 78.9 Å². The van der Waals surface area contributed by atoms with E-state index in [0.717, 1.165) is 19.3 Å². The lowest BCUT2D eigenvalue weighted by molar-refractivity contribution is -0.145. The molecule has 1 aliphatic carbocycles. The zero-order chi connectivity index (χ0) is 14.9. The Labute approximate surface area is 119 Å². The fourth-order valence-electron chi connectivity index (χ4n) is 3.54. The van der Waals surface area contributed by atoms with Gasteiger partial charge in [-0.15, -0.1) is 0 Å². The zero-order valence-corrected chi connectivity index (χ0v) is 12.3. The maximum absolute atomic E-state index is 11.5. The molecule has 2 N–H and O–H groups in total. The number of hydrogen-bond acceptors (Lipinski definition) is 4. The standard InChI is InChI=1S/C14H24N2O4/c1-8(2)11(15-14(19)20-3)7-16-10-5-4-9(6-10)12(16)13(17)18/h8-12H,4-7H2,1-3H3,(H,15,19)(H,17,18)/t9?,10?,11-,12+/m1/s1. The third kappa shape index (κ3) is 2.90.